The van der Waals surface area contributed by atoms with Crippen LogP contribution in [0.2, 0.25) is 0 Å². The van der Waals surface area contributed by atoms with Gasteiger partial charge in [-0.2, -0.15) is 0 Å². The first-order chi connectivity index (χ1) is 15.3. The van der Waals surface area contributed by atoms with E-state index in [2.05, 4.69) is 5.32 Å². The first-order valence-corrected chi connectivity index (χ1v) is 12.5. The quantitative estimate of drug-likeness (QED) is 0.612. The van der Waals surface area contributed by atoms with E-state index >= 15 is 0 Å². The highest BCUT2D eigenvalue weighted by molar-refractivity contribution is 7.92. The zero-order valence-electron chi connectivity index (χ0n) is 18.4. The van der Waals surface area contributed by atoms with Gasteiger partial charge < -0.3 is 5.32 Å². The molecule has 1 aliphatic rings. The van der Waals surface area contributed by atoms with Crippen LogP contribution in [0, 0.1) is 13.8 Å². The Kier molecular flexibility index (Phi) is 6.33. The Morgan fingerprint density at radius 1 is 0.906 bits per heavy atom. The maximum atomic E-state index is 13.3. The monoisotopic (exact) mass is 448 g/mol. The molecule has 1 aliphatic heterocycles. The van der Waals surface area contributed by atoms with Gasteiger partial charge in [0.1, 0.15) is 0 Å². The van der Waals surface area contributed by atoms with Crippen LogP contribution in [0.5, 0.6) is 0 Å². The van der Waals surface area contributed by atoms with Crippen molar-refractivity contribution in [3.63, 3.8) is 0 Å². The minimum absolute atomic E-state index is 0.145. The normalized spacial score (nSPS) is 16.4. The predicted molar refractivity (Wildman–Crippen MR) is 128 cm³/mol. The lowest BCUT2D eigenvalue weighted by Crippen LogP contribution is -2.38. The van der Waals surface area contributed by atoms with Crippen LogP contribution < -0.4 is 9.62 Å². The SMILES string of the molecule is Cc1ccc([C@@H](NC(=O)c2ccc(C)c(N3CCCCS3(=O)=O)c2)c2ccccc2)cc1. The fourth-order valence-electron chi connectivity index (χ4n) is 4.06. The third-order valence-corrected chi connectivity index (χ3v) is 7.76. The van der Waals surface area contributed by atoms with E-state index in [4.69, 9.17) is 0 Å². The van der Waals surface area contributed by atoms with Gasteiger partial charge in [-0.15, -0.1) is 0 Å². The summed E-state index contributed by atoms with van der Waals surface area (Å²) in [5.41, 5.74) is 4.99. The standard InChI is InChI=1S/C26H28N2O3S/c1-19-10-13-22(14-11-19)25(21-8-4-3-5-9-21)27-26(29)23-15-12-20(2)24(18-23)28-16-6-7-17-32(28,30)31/h3-5,8-15,18,25H,6-7,16-17H2,1-2H3,(H,27,29)/t25-/m0/s1. The zero-order chi connectivity index (χ0) is 22.7. The third kappa shape index (κ3) is 4.70. The third-order valence-electron chi connectivity index (χ3n) is 5.91. The second-order valence-electron chi connectivity index (χ2n) is 8.32. The number of benzene rings is 3. The number of carbonyl (C=O) groups is 1. The molecule has 1 saturated heterocycles. The Morgan fingerprint density at radius 2 is 1.59 bits per heavy atom. The Labute approximate surface area is 190 Å². The lowest BCUT2D eigenvalue weighted by Gasteiger charge is -2.30. The lowest BCUT2D eigenvalue weighted by molar-refractivity contribution is 0.0943. The van der Waals surface area contributed by atoms with Gasteiger partial charge in [0.25, 0.3) is 5.91 Å². The molecule has 166 valence electrons. The Morgan fingerprint density at radius 3 is 2.28 bits per heavy atom. The van der Waals surface area contributed by atoms with Crippen LogP contribution in [0.25, 0.3) is 0 Å². The van der Waals surface area contributed by atoms with Crippen LogP contribution in [-0.4, -0.2) is 26.6 Å². The van der Waals surface area contributed by atoms with E-state index in [1.54, 1.807) is 12.1 Å². The number of hydrogen-bond donors (Lipinski definition) is 1. The van der Waals surface area contributed by atoms with Crippen molar-refractivity contribution < 1.29 is 13.2 Å². The molecular formula is C26H28N2O3S. The number of anilines is 1. The summed E-state index contributed by atoms with van der Waals surface area (Å²) < 4.78 is 26.7. The summed E-state index contributed by atoms with van der Waals surface area (Å²) in [6.07, 6.45) is 1.49. The predicted octanol–water partition coefficient (Wildman–Crippen LogP) is 4.75. The molecule has 32 heavy (non-hydrogen) atoms. The minimum Gasteiger partial charge on any atom is -0.341 e. The van der Waals surface area contributed by atoms with Gasteiger partial charge in [-0.1, -0.05) is 66.2 Å². The minimum atomic E-state index is -3.35. The molecule has 6 heteroatoms. The molecule has 0 spiro atoms. The fourth-order valence-corrected chi connectivity index (χ4v) is 5.75. The molecule has 1 heterocycles. The van der Waals surface area contributed by atoms with Crippen LogP contribution in [0.4, 0.5) is 5.69 Å². The van der Waals surface area contributed by atoms with Crippen molar-refractivity contribution in [1.29, 1.82) is 0 Å². The largest absolute Gasteiger partial charge is 0.341 e. The van der Waals surface area contributed by atoms with Crippen molar-refractivity contribution in [3.05, 3.63) is 101 Å². The van der Waals surface area contributed by atoms with Crippen LogP contribution in [-0.2, 0) is 10.0 Å². The average Bonchev–Trinajstić information content (AvgIpc) is 2.79. The summed E-state index contributed by atoms with van der Waals surface area (Å²) >= 11 is 0. The van der Waals surface area contributed by atoms with Gasteiger partial charge >= 0.3 is 0 Å². The number of carbonyl (C=O) groups excluding carboxylic acids is 1. The van der Waals surface area contributed by atoms with E-state index in [1.807, 2.05) is 74.5 Å². The van der Waals surface area contributed by atoms with Gasteiger partial charge in [0.2, 0.25) is 10.0 Å². The van der Waals surface area contributed by atoms with Crippen molar-refractivity contribution in [2.75, 3.05) is 16.6 Å². The fraction of sp³-hybridized carbons (Fsp3) is 0.269. The van der Waals surface area contributed by atoms with Crippen LogP contribution in [0.1, 0.15) is 51.5 Å². The van der Waals surface area contributed by atoms with E-state index in [0.29, 0.717) is 24.2 Å². The molecule has 3 aromatic carbocycles. The molecular weight excluding hydrogens is 420 g/mol. The van der Waals surface area contributed by atoms with Crippen molar-refractivity contribution >= 4 is 21.6 Å². The van der Waals surface area contributed by atoms with Gasteiger partial charge in [-0.3, -0.25) is 9.10 Å². The molecule has 0 aliphatic carbocycles. The van der Waals surface area contributed by atoms with Crippen LogP contribution in [0.3, 0.4) is 0 Å². The summed E-state index contributed by atoms with van der Waals surface area (Å²) in [5, 5.41) is 3.15. The second kappa shape index (κ2) is 9.17. The van der Waals surface area contributed by atoms with Crippen LogP contribution in [0.15, 0.2) is 72.8 Å². The maximum absolute atomic E-state index is 13.3. The number of aryl methyl sites for hydroxylation is 2. The number of nitrogens with one attached hydrogen (secondary N) is 1. The average molecular weight is 449 g/mol. The maximum Gasteiger partial charge on any atom is 0.252 e. The van der Waals surface area contributed by atoms with E-state index in [-0.39, 0.29) is 17.7 Å². The topological polar surface area (TPSA) is 66.5 Å². The summed E-state index contributed by atoms with van der Waals surface area (Å²) in [7, 11) is -3.35. The first-order valence-electron chi connectivity index (χ1n) is 10.9. The summed E-state index contributed by atoms with van der Waals surface area (Å²) in [6.45, 7) is 4.35. The highest BCUT2D eigenvalue weighted by Gasteiger charge is 2.28. The number of amides is 1. The van der Waals surface area contributed by atoms with E-state index < -0.39 is 10.0 Å². The molecule has 5 nitrogen and oxygen atoms in total. The lowest BCUT2D eigenvalue weighted by atomic mass is 9.97. The molecule has 3 aromatic rings. The van der Waals surface area contributed by atoms with Crippen molar-refractivity contribution in [2.24, 2.45) is 0 Å². The van der Waals surface area contributed by atoms with E-state index in [1.165, 1.54) is 4.31 Å². The zero-order valence-corrected chi connectivity index (χ0v) is 19.2. The molecule has 1 amide bonds. The Hall–Kier alpha value is -3.12. The van der Waals surface area contributed by atoms with Crippen molar-refractivity contribution in [1.82, 2.24) is 5.32 Å². The second-order valence-corrected chi connectivity index (χ2v) is 10.3. The molecule has 0 saturated carbocycles. The Bertz CT molecular complexity index is 1210. The van der Waals surface area contributed by atoms with Gasteiger partial charge in [0.05, 0.1) is 17.5 Å². The van der Waals surface area contributed by atoms with Gasteiger partial charge in [0.15, 0.2) is 0 Å². The van der Waals surface area contributed by atoms with E-state index in [9.17, 15) is 13.2 Å². The molecule has 1 atom stereocenters. The summed E-state index contributed by atoms with van der Waals surface area (Å²) in [6, 6.07) is 22.9. The summed E-state index contributed by atoms with van der Waals surface area (Å²) in [4.78, 5) is 13.3. The van der Waals surface area contributed by atoms with Gasteiger partial charge in [-0.05, 0) is 55.5 Å². The van der Waals surface area contributed by atoms with Crippen molar-refractivity contribution in [2.45, 2.75) is 32.7 Å². The molecule has 1 N–H and O–H groups in total. The van der Waals surface area contributed by atoms with Crippen molar-refractivity contribution in [3.8, 4) is 0 Å². The molecule has 0 bridgehead atoms. The smallest absolute Gasteiger partial charge is 0.252 e. The van der Waals surface area contributed by atoms with Gasteiger partial charge in [0, 0.05) is 12.1 Å². The van der Waals surface area contributed by atoms with Crippen LogP contribution >= 0.6 is 0 Å². The molecule has 0 radical (unpaired) electrons. The molecule has 1 fully saturated rings. The molecule has 4 rings (SSSR count). The number of sulfonamides is 1. The molecule has 0 unspecified atom stereocenters. The van der Waals surface area contributed by atoms with Gasteiger partial charge in [-0.25, -0.2) is 8.42 Å². The first kappa shape index (κ1) is 22.1. The highest BCUT2D eigenvalue weighted by atomic mass is 32.2. The Balaban J connectivity index is 1.66. The number of nitrogens with zero attached hydrogens (tertiary/aromatic N) is 1. The number of hydrogen-bond acceptors (Lipinski definition) is 3. The molecule has 0 aromatic heterocycles. The van der Waals surface area contributed by atoms with E-state index in [0.717, 1.165) is 28.7 Å². The number of rotatable bonds is 5. The highest BCUT2D eigenvalue weighted by Crippen LogP contribution is 2.29. The summed E-state index contributed by atoms with van der Waals surface area (Å²) in [5.74, 6) is -0.0955.